The molecule has 1 atom stereocenters. The predicted octanol–water partition coefficient (Wildman–Crippen LogP) is 5.42. The van der Waals surface area contributed by atoms with Crippen molar-refractivity contribution in [2.45, 2.75) is 44.4 Å². The van der Waals surface area contributed by atoms with Gasteiger partial charge in [-0.15, -0.1) is 0 Å². The lowest BCUT2D eigenvalue weighted by atomic mass is 10.1. The van der Waals surface area contributed by atoms with Gasteiger partial charge in [0.1, 0.15) is 12.6 Å². The number of carbonyl (C=O) groups is 2. The number of likely N-dealkylation sites (N-methyl/N-ethyl adjacent to an activating group) is 1. The van der Waals surface area contributed by atoms with Crippen LogP contribution in [0, 0.1) is 6.92 Å². The number of alkyl halides is 3. The summed E-state index contributed by atoms with van der Waals surface area (Å²) in [6, 6.07) is 15.4. The van der Waals surface area contributed by atoms with E-state index in [1.807, 2.05) is 19.1 Å². The Kier molecular flexibility index (Phi) is 9.86. The number of nitrogens with zero attached hydrogens (tertiary/aromatic N) is 2. The molecule has 0 aliphatic rings. The van der Waals surface area contributed by atoms with Gasteiger partial charge in [-0.25, -0.2) is 8.42 Å². The molecule has 0 aliphatic heterocycles. The number of carbonyl (C=O) groups excluding carboxylic acids is 2. The summed E-state index contributed by atoms with van der Waals surface area (Å²) in [6.07, 6.45) is -4.80. The first-order valence-corrected chi connectivity index (χ1v) is 14.1. The molecule has 0 saturated carbocycles. The predicted molar refractivity (Wildman–Crippen MR) is 147 cm³/mol. The summed E-state index contributed by atoms with van der Waals surface area (Å²) in [7, 11) is -4.57. The van der Waals surface area contributed by atoms with Gasteiger partial charge in [0, 0.05) is 13.1 Å². The highest BCUT2D eigenvalue weighted by Gasteiger charge is 2.36. The van der Waals surface area contributed by atoms with Crippen molar-refractivity contribution in [2.24, 2.45) is 0 Å². The number of sulfonamides is 1. The summed E-state index contributed by atoms with van der Waals surface area (Å²) in [5, 5.41) is 2.34. The minimum atomic E-state index is -4.80. The second-order valence-corrected chi connectivity index (χ2v) is 11.3. The Morgan fingerprint density at radius 2 is 1.62 bits per heavy atom. The highest BCUT2D eigenvalue weighted by molar-refractivity contribution is 7.92. The van der Waals surface area contributed by atoms with E-state index in [0.717, 1.165) is 17.7 Å². The molecule has 0 unspecified atom stereocenters. The van der Waals surface area contributed by atoms with Gasteiger partial charge in [-0.2, -0.15) is 13.2 Å². The van der Waals surface area contributed by atoms with Crippen molar-refractivity contribution >= 4 is 39.1 Å². The fourth-order valence-electron chi connectivity index (χ4n) is 3.99. The number of hydrogen-bond acceptors (Lipinski definition) is 4. The Balaban J connectivity index is 2.14. The van der Waals surface area contributed by atoms with Crippen LogP contribution >= 0.6 is 11.6 Å². The molecule has 2 amide bonds. The molecule has 0 heterocycles. The number of aryl methyl sites for hydroxylation is 1. The summed E-state index contributed by atoms with van der Waals surface area (Å²) in [5.41, 5.74) is -0.116. The van der Waals surface area contributed by atoms with Crippen LogP contribution in [0.15, 0.2) is 77.7 Å². The summed E-state index contributed by atoms with van der Waals surface area (Å²) < 4.78 is 68.8. The summed E-state index contributed by atoms with van der Waals surface area (Å²) >= 11 is 6.24. The third-order valence-electron chi connectivity index (χ3n) is 6.27. The maximum atomic E-state index is 13.8. The number of rotatable bonds is 10. The maximum absolute atomic E-state index is 13.8. The van der Waals surface area contributed by atoms with Crippen molar-refractivity contribution in [1.29, 1.82) is 0 Å². The molecule has 7 nitrogen and oxygen atoms in total. The van der Waals surface area contributed by atoms with E-state index < -0.39 is 51.9 Å². The highest BCUT2D eigenvalue weighted by atomic mass is 35.5. The summed E-state index contributed by atoms with van der Waals surface area (Å²) in [6.45, 7) is 4.37. The van der Waals surface area contributed by atoms with Gasteiger partial charge >= 0.3 is 6.18 Å². The first kappa shape index (κ1) is 31.0. The van der Waals surface area contributed by atoms with Crippen molar-refractivity contribution in [2.75, 3.05) is 17.4 Å². The summed E-state index contributed by atoms with van der Waals surface area (Å²) in [5.74, 6) is -1.28. The topological polar surface area (TPSA) is 86.8 Å². The smallest absolute Gasteiger partial charge is 0.355 e. The van der Waals surface area contributed by atoms with E-state index in [1.165, 1.54) is 36.1 Å². The van der Waals surface area contributed by atoms with Crippen molar-refractivity contribution in [3.8, 4) is 0 Å². The summed E-state index contributed by atoms with van der Waals surface area (Å²) in [4.78, 5) is 27.5. The van der Waals surface area contributed by atoms with Gasteiger partial charge in [0.2, 0.25) is 11.8 Å². The molecular formula is C28H29ClF3N3O4S. The Morgan fingerprint density at radius 1 is 1.00 bits per heavy atom. The molecule has 0 aromatic heterocycles. The number of anilines is 1. The van der Waals surface area contributed by atoms with E-state index in [4.69, 9.17) is 11.6 Å². The molecule has 0 spiro atoms. The first-order valence-electron chi connectivity index (χ1n) is 12.3. The molecule has 1 N–H and O–H groups in total. The zero-order chi connectivity index (χ0) is 29.7. The zero-order valence-corrected chi connectivity index (χ0v) is 23.6. The second kappa shape index (κ2) is 12.7. The van der Waals surface area contributed by atoms with Crippen LogP contribution in [0.2, 0.25) is 5.02 Å². The highest BCUT2D eigenvalue weighted by Crippen LogP contribution is 2.37. The molecule has 3 aromatic rings. The fourth-order valence-corrected chi connectivity index (χ4v) is 5.70. The number of amides is 2. The van der Waals surface area contributed by atoms with Gasteiger partial charge in [0.15, 0.2) is 0 Å². The third kappa shape index (κ3) is 7.14. The Hall–Kier alpha value is -3.57. The lowest BCUT2D eigenvalue weighted by molar-refractivity contribution is -0.139. The van der Waals surface area contributed by atoms with E-state index >= 15 is 0 Å². The quantitative estimate of drug-likeness (QED) is 0.339. The maximum Gasteiger partial charge on any atom is 0.416 e. The SMILES string of the molecule is CCNC(=O)[C@H](C)N(Cc1ccccc1C)C(=O)CN(c1cc(C(F)(F)F)ccc1Cl)S(=O)(=O)c1ccccc1. The number of nitrogens with one attached hydrogen (secondary N) is 1. The van der Waals surface area contributed by atoms with Crippen molar-refractivity contribution in [1.82, 2.24) is 10.2 Å². The Bertz CT molecular complexity index is 1470. The molecule has 0 bridgehead atoms. The molecule has 3 aromatic carbocycles. The molecular weight excluding hydrogens is 567 g/mol. The van der Waals surface area contributed by atoms with E-state index in [0.29, 0.717) is 22.5 Å². The van der Waals surface area contributed by atoms with E-state index in [-0.39, 0.29) is 16.5 Å². The van der Waals surface area contributed by atoms with Crippen LogP contribution < -0.4 is 9.62 Å². The van der Waals surface area contributed by atoms with Crippen LogP contribution in [0.4, 0.5) is 18.9 Å². The van der Waals surface area contributed by atoms with Crippen LogP contribution in [-0.4, -0.2) is 44.3 Å². The van der Waals surface area contributed by atoms with E-state index in [2.05, 4.69) is 5.32 Å². The monoisotopic (exact) mass is 595 g/mol. The van der Waals surface area contributed by atoms with Crippen LogP contribution in [0.3, 0.4) is 0 Å². The van der Waals surface area contributed by atoms with Crippen molar-refractivity contribution < 1.29 is 31.2 Å². The molecule has 214 valence electrons. The molecule has 0 radical (unpaired) electrons. The van der Waals surface area contributed by atoms with E-state index in [9.17, 15) is 31.2 Å². The molecule has 0 saturated heterocycles. The lowest BCUT2D eigenvalue weighted by Crippen LogP contribution is -2.51. The minimum Gasteiger partial charge on any atom is -0.355 e. The molecule has 0 aliphatic carbocycles. The zero-order valence-electron chi connectivity index (χ0n) is 22.1. The van der Waals surface area contributed by atoms with Crippen LogP contribution in [0.1, 0.15) is 30.5 Å². The van der Waals surface area contributed by atoms with Crippen LogP contribution in [0.5, 0.6) is 0 Å². The van der Waals surface area contributed by atoms with Gasteiger partial charge in [-0.3, -0.25) is 13.9 Å². The standard InChI is InChI=1S/C28H29ClF3N3O4S/c1-4-33-27(37)20(3)34(17-21-11-9-8-10-19(21)2)26(36)18-35(40(38,39)23-12-6-5-7-13-23)25-16-22(28(30,31)32)14-15-24(25)29/h5-16,20H,4,17-18H2,1-3H3,(H,33,37)/t20-/m0/s1. The average molecular weight is 596 g/mol. The number of halogens is 4. The minimum absolute atomic E-state index is 0.0423. The van der Waals surface area contributed by atoms with Gasteiger partial charge in [0.25, 0.3) is 10.0 Å². The fraction of sp³-hybridized carbons (Fsp3) is 0.286. The lowest BCUT2D eigenvalue weighted by Gasteiger charge is -2.32. The molecule has 40 heavy (non-hydrogen) atoms. The largest absolute Gasteiger partial charge is 0.416 e. The molecule has 0 fully saturated rings. The Labute approximate surface area is 236 Å². The van der Waals surface area contributed by atoms with Gasteiger partial charge in [-0.05, 0) is 62.2 Å². The van der Waals surface area contributed by atoms with Gasteiger partial charge in [0.05, 0.1) is 21.2 Å². The average Bonchev–Trinajstić information content (AvgIpc) is 2.91. The molecule has 3 rings (SSSR count). The first-order chi connectivity index (χ1) is 18.8. The number of hydrogen-bond donors (Lipinski definition) is 1. The molecule has 12 heteroatoms. The van der Waals surface area contributed by atoms with Crippen LogP contribution in [0.25, 0.3) is 0 Å². The normalized spacial score (nSPS) is 12.5. The second-order valence-electron chi connectivity index (χ2n) is 9.01. The van der Waals surface area contributed by atoms with Gasteiger partial charge in [-0.1, -0.05) is 54.1 Å². The third-order valence-corrected chi connectivity index (χ3v) is 8.37. The van der Waals surface area contributed by atoms with Crippen molar-refractivity contribution in [3.63, 3.8) is 0 Å². The van der Waals surface area contributed by atoms with Gasteiger partial charge < -0.3 is 10.2 Å². The van der Waals surface area contributed by atoms with E-state index in [1.54, 1.807) is 25.1 Å². The van der Waals surface area contributed by atoms with Crippen LogP contribution in [-0.2, 0) is 32.3 Å². The Morgan fingerprint density at radius 3 is 2.23 bits per heavy atom. The van der Waals surface area contributed by atoms with Crippen molar-refractivity contribution in [3.05, 3.63) is 94.5 Å². The number of benzene rings is 3.